The second-order valence-corrected chi connectivity index (χ2v) is 2.60. The van der Waals surface area contributed by atoms with Gasteiger partial charge in [-0.15, -0.1) is 0 Å². The molecular weight excluding hydrogens is 148 g/mol. The Morgan fingerprint density at radius 2 is 2.18 bits per heavy atom. The zero-order valence-electron chi connectivity index (χ0n) is 6.36. The first-order chi connectivity index (χ1) is 5.06. The minimum atomic E-state index is -1.05. The number of carboxylic acid groups (broad SMARTS) is 1. The number of aldehydes is 1. The quantitative estimate of drug-likeness (QED) is 0.557. The lowest BCUT2D eigenvalue weighted by atomic mass is 10.0. The Kier molecular flexibility index (Phi) is 4.45. The van der Waals surface area contributed by atoms with Crippen LogP contribution in [-0.2, 0) is 9.59 Å². The van der Waals surface area contributed by atoms with Gasteiger partial charge in [-0.3, -0.25) is 4.79 Å². The number of carbonyl (C=O) groups excluding carboxylic acids is 1. The summed E-state index contributed by atoms with van der Waals surface area (Å²) in [5, 5.41) is 17.2. The molecule has 2 atom stereocenters. The lowest BCUT2D eigenvalue weighted by Crippen LogP contribution is -2.16. The lowest BCUT2D eigenvalue weighted by Gasteiger charge is -2.08. The average Bonchev–Trinajstić information content (AvgIpc) is 1.85. The second kappa shape index (κ2) is 4.85. The summed E-state index contributed by atoms with van der Waals surface area (Å²) in [5.41, 5.74) is 0. The molecule has 0 fully saturated rings. The van der Waals surface area contributed by atoms with E-state index in [4.69, 9.17) is 10.2 Å². The molecule has 11 heavy (non-hydrogen) atoms. The van der Waals surface area contributed by atoms with Crippen molar-refractivity contribution in [3.8, 4) is 0 Å². The molecule has 2 N–H and O–H groups in total. The number of rotatable bonds is 5. The van der Waals surface area contributed by atoms with Gasteiger partial charge in [-0.1, -0.05) is 6.92 Å². The first-order valence-corrected chi connectivity index (χ1v) is 3.41. The maximum Gasteiger partial charge on any atom is 0.305 e. The van der Waals surface area contributed by atoms with E-state index in [-0.39, 0.29) is 18.8 Å². The Morgan fingerprint density at radius 1 is 1.64 bits per heavy atom. The van der Waals surface area contributed by atoms with E-state index in [0.717, 1.165) is 0 Å². The molecule has 0 aromatic rings. The van der Waals surface area contributed by atoms with Crippen LogP contribution in [0.15, 0.2) is 0 Å². The van der Waals surface area contributed by atoms with E-state index in [9.17, 15) is 9.59 Å². The highest BCUT2D eigenvalue weighted by Gasteiger charge is 2.12. The maximum atomic E-state index is 10.1. The maximum absolute atomic E-state index is 10.1. The van der Waals surface area contributed by atoms with E-state index in [1.54, 1.807) is 6.92 Å². The third-order valence-electron chi connectivity index (χ3n) is 1.29. The van der Waals surface area contributed by atoms with Gasteiger partial charge in [0.05, 0.1) is 12.5 Å². The summed E-state index contributed by atoms with van der Waals surface area (Å²) in [7, 11) is 0. The van der Waals surface area contributed by atoms with E-state index in [1.807, 2.05) is 0 Å². The third-order valence-corrected chi connectivity index (χ3v) is 1.29. The number of aliphatic hydroxyl groups excluding tert-OH is 1. The predicted molar refractivity (Wildman–Crippen MR) is 38.1 cm³/mol. The van der Waals surface area contributed by atoms with Crippen molar-refractivity contribution in [1.82, 2.24) is 0 Å². The summed E-state index contributed by atoms with van der Waals surface area (Å²) in [5.74, 6) is -1.32. The molecule has 4 heteroatoms. The standard InChI is InChI=1S/C7H12O4/c1-5(4-8)2-6(9)3-7(10)11/h4-6,9H,2-3H2,1H3,(H,10,11). The van der Waals surface area contributed by atoms with Gasteiger partial charge in [0.15, 0.2) is 0 Å². The average molecular weight is 160 g/mol. The zero-order chi connectivity index (χ0) is 8.85. The van der Waals surface area contributed by atoms with Crippen LogP contribution in [0.3, 0.4) is 0 Å². The number of aliphatic hydroxyl groups is 1. The van der Waals surface area contributed by atoms with Crippen molar-refractivity contribution in [3.63, 3.8) is 0 Å². The Morgan fingerprint density at radius 3 is 2.55 bits per heavy atom. The van der Waals surface area contributed by atoms with E-state index < -0.39 is 12.1 Å². The van der Waals surface area contributed by atoms with Gasteiger partial charge >= 0.3 is 5.97 Å². The van der Waals surface area contributed by atoms with Crippen LogP contribution >= 0.6 is 0 Å². The minimum Gasteiger partial charge on any atom is -0.481 e. The molecule has 0 aliphatic heterocycles. The molecule has 64 valence electrons. The van der Waals surface area contributed by atoms with Crippen molar-refractivity contribution in [2.75, 3.05) is 0 Å². The molecule has 0 aromatic heterocycles. The van der Waals surface area contributed by atoms with Crippen molar-refractivity contribution in [2.45, 2.75) is 25.9 Å². The highest BCUT2D eigenvalue weighted by molar-refractivity contribution is 5.67. The molecule has 0 saturated heterocycles. The molecule has 0 aliphatic rings. The van der Waals surface area contributed by atoms with Gasteiger partial charge < -0.3 is 15.0 Å². The SMILES string of the molecule is CC(C=O)CC(O)CC(=O)O. The van der Waals surface area contributed by atoms with E-state index in [0.29, 0.717) is 6.29 Å². The summed E-state index contributed by atoms with van der Waals surface area (Å²) >= 11 is 0. The minimum absolute atomic E-state index is 0.218. The van der Waals surface area contributed by atoms with Gasteiger partial charge in [-0.05, 0) is 6.42 Å². The lowest BCUT2D eigenvalue weighted by molar-refractivity contribution is -0.139. The van der Waals surface area contributed by atoms with Gasteiger partial charge in [0.25, 0.3) is 0 Å². The summed E-state index contributed by atoms with van der Waals surface area (Å²) in [6.45, 7) is 1.64. The Labute approximate surface area is 64.8 Å². The monoisotopic (exact) mass is 160 g/mol. The number of carbonyl (C=O) groups is 2. The molecule has 0 saturated carbocycles. The fourth-order valence-corrected chi connectivity index (χ4v) is 0.770. The number of aliphatic carboxylic acids is 1. The van der Waals surface area contributed by atoms with Crippen LogP contribution in [0.4, 0.5) is 0 Å². The zero-order valence-corrected chi connectivity index (χ0v) is 6.36. The third kappa shape index (κ3) is 5.54. The molecule has 0 bridgehead atoms. The van der Waals surface area contributed by atoms with E-state index in [2.05, 4.69) is 0 Å². The first kappa shape index (κ1) is 10.1. The van der Waals surface area contributed by atoms with Crippen LogP contribution in [0.1, 0.15) is 19.8 Å². The van der Waals surface area contributed by atoms with Crippen molar-refractivity contribution < 1.29 is 19.8 Å². The molecule has 4 nitrogen and oxygen atoms in total. The predicted octanol–water partition coefficient (Wildman–Crippen LogP) is 0.0471. The topological polar surface area (TPSA) is 74.6 Å². The molecule has 0 aromatic carbocycles. The summed E-state index contributed by atoms with van der Waals surface area (Å²) in [6.07, 6.45) is -0.285. The Bertz CT molecular complexity index is 143. The van der Waals surface area contributed by atoms with Crippen molar-refractivity contribution in [1.29, 1.82) is 0 Å². The smallest absolute Gasteiger partial charge is 0.305 e. The number of hydrogen-bond acceptors (Lipinski definition) is 3. The fraction of sp³-hybridized carbons (Fsp3) is 0.714. The molecule has 0 aliphatic carbocycles. The van der Waals surface area contributed by atoms with E-state index >= 15 is 0 Å². The molecule has 0 radical (unpaired) electrons. The van der Waals surface area contributed by atoms with Crippen LogP contribution in [0.2, 0.25) is 0 Å². The van der Waals surface area contributed by atoms with Crippen molar-refractivity contribution in [3.05, 3.63) is 0 Å². The van der Waals surface area contributed by atoms with Crippen LogP contribution in [0.25, 0.3) is 0 Å². The van der Waals surface area contributed by atoms with Gasteiger partial charge in [0, 0.05) is 5.92 Å². The van der Waals surface area contributed by atoms with Gasteiger partial charge in [0.2, 0.25) is 0 Å². The summed E-state index contributed by atoms with van der Waals surface area (Å²) in [6, 6.07) is 0. The normalized spacial score (nSPS) is 15.5. The highest BCUT2D eigenvalue weighted by Crippen LogP contribution is 2.05. The number of hydrogen-bond donors (Lipinski definition) is 2. The first-order valence-electron chi connectivity index (χ1n) is 3.41. The van der Waals surface area contributed by atoms with Gasteiger partial charge in [-0.25, -0.2) is 0 Å². The molecule has 0 spiro atoms. The largest absolute Gasteiger partial charge is 0.481 e. The van der Waals surface area contributed by atoms with E-state index in [1.165, 1.54) is 0 Å². The van der Waals surface area contributed by atoms with Gasteiger partial charge in [-0.2, -0.15) is 0 Å². The van der Waals surface area contributed by atoms with Crippen molar-refractivity contribution in [2.24, 2.45) is 5.92 Å². The van der Waals surface area contributed by atoms with Crippen LogP contribution in [0.5, 0.6) is 0 Å². The Hall–Kier alpha value is -0.900. The van der Waals surface area contributed by atoms with Crippen LogP contribution < -0.4 is 0 Å². The fourth-order valence-electron chi connectivity index (χ4n) is 0.770. The van der Waals surface area contributed by atoms with Gasteiger partial charge in [0.1, 0.15) is 6.29 Å². The molecular formula is C7H12O4. The van der Waals surface area contributed by atoms with Crippen LogP contribution in [0, 0.1) is 5.92 Å². The second-order valence-electron chi connectivity index (χ2n) is 2.60. The summed E-state index contributed by atoms with van der Waals surface area (Å²) < 4.78 is 0. The molecule has 0 heterocycles. The summed E-state index contributed by atoms with van der Waals surface area (Å²) in [4.78, 5) is 20.1. The van der Waals surface area contributed by atoms with Crippen LogP contribution in [-0.4, -0.2) is 28.6 Å². The van der Waals surface area contributed by atoms with Crippen molar-refractivity contribution >= 4 is 12.3 Å². The molecule has 0 rings (SSSR count). The molecule has 2 unspecified atom stereocenters. The molecule has 0 amide bonds. The Balaban J connectivity index is 3.59. The number of carboxylic acids is 1. The highest BCUT2D eigenvalue weighted by atomic mass is 16.4.